The largest absolute Gasteiger partial charge is 0.493 e. The summed E-state index contributed by atoms with van der Waals surface area (Å²) in [6.45, 7) is 0. The van der Waals surface area contributed by atoms with Crippen LogP contribution >= 0.6 is 0 Å². The molecule has 2 rings (SSSR count). The molecule has 0 heterocycles. The van der Waals surface area contributed by atoms with Crippen LogP contribution < -0.4 is 18.9 Å². The van der Waals surface area contributed by atoms with Gasteiger partial charge in [0.15, 0.2) is 34.6 Å². The summed E-state index contributed by atoms with van der Waals surface area (Å²) < 4.78 is 21.1. The average Bonchev–Trinajstić information content (AvgIpc) is 2.75. The Bertz CT molecular complexity index is 851. The van der Waals surface area contributed by atoms with Crippen molar-refractivity contribution in [2.75, 3.05) is 28.4 Å². The number of benzene rings is 2. The number of rotatable bonds is 10. The number of hydrogen-bond donors (Lipinski definition) is 0. The Morgan fingerprint density at radius 1 is 0.690 bits per heavy atom. The van der Waals surface area contributed by atoms with Crippen molar-refractivity contribution in [3.63, 3.8) is 0 Å². The van der Waals surface area contributed by atoms with Crippen LogP contribution in [-0.4, -0.2) is 40.0 Å². The summed E-state index contributed by atoms with van der Waals surface area (Å²) in [6.07, 6.45) is 5.67. The molecule has 6 nitrogen and oxygen atoms in total. The van der Waals surface area contributed by atoms with Gasteiger partial charge in [-0.2, -0.15) is 0 Å². The van der Waals surface area contributed by atoms with Crippen LogP contribution in [0.5, 0.6) is 23.0 Å². The minimum absolute atomic E-state index is 0.244. The molecule has 152 valence electrons. The van der Waals surface area contributed by atoms with Gasteiger partial charge in [0.1, 0.15) is 0 Å². The molecule has 0 aliphatic carbocycles. The van der Waals surface area contributed by atoms with Crippen LogP contribution in [0.3, 0.4) is 0 Å². The van der Waals surface area contributed by atoms with E-state index in [4.69, 9.17) is 18.9 Å². The molecule has 0 atom stereocenters. The molecule has 0 saturated heterocycles. The molecular formula is C23H24O6. The first-order valence-electron chi connectivity index (χ1n) is 8.87. The van der Waals surface area contributed by atoms with Crippen molar-refractivity contribution < 1.29 is 28.5 Å². The van der Waals surface area contributed by atoms with Gasteiger partial charge in [0.25, 0.3) is 0 Å². The van der Waals surface area contributed by atoms with E-state index in [-0.39, 0.29) is 18.0 Å². The first-order chi connectivity index (χ1) is 14.0. The van der Waals surface area contributed by atoms with E-state index in [0.717, 1.165) is 0 Å². The monoisotopic (exact) mass is 396 g/mol. The second-order valence-electron chi connectivity index (χ2n) is 5.94. The third-order valence-electron chi connectivity index (χ3n) is 4.11. The molecule has 0 aliphatic rings. The summed E-state index contributed by atoms with van der Waals surface area (Å²) in [5, 5.41) is 0. The van der Waals surface area contributed by atoms with Crippen LogP contribution in [0.1, 0.15) is 17.5 Å². The minimum Gasteiger partial charge on any atom is -0.493 e. The minimum atomic E-state index is -0.317. The first-order valence-corrected chi connectivity index (χ1v) is 8.87. The summed E-state index contributed by atoms with van der Waals surface area (Å²) in [4.78, 5) is 24.3. The van der Waals surface area contributed by atoms with Gasteiger partial charge in [-0.3, -0.25) is 9.59 Å². The van der Waals surface area contributed by atoms with Crippen molar-refractivity contribution in [3.8, 4) is 23.0 Å². The van der Waals surface area contributed by atoms with E-state index in [0.29, 0.717) is 34.1 Å². The van der Waals surface area contributed by atoms with Gasteiger partial charge in [-0.05, 0) is 36.4 Å². The van der Waals surface area contributed by atoms with E-state index in [1.54, 1.807) is 62.8 Å². The van der Waals surface area contributed by atoms with Gasteiger partial charge >= 0.3 is 0 Å². The van der Waals surface area contributed by atoms with Gasteiger partial charge in [0.2, 0.25) is 0 Å². The zero-order valence-corrected chi connectivity index (χ0v) is 16.9. The van der Waals surface area contributed by atoms with Crippen LogP contribution in [0.4, 0.5) is 0 Å². The van der Waals surface area contributed by atoms with Gasteiger partial charge in [-0.15, -0.1) is 0 Å². The molecule has 0 aliphatic heterocycles. The van der Waals surface area contributed by atoms with Gasteiger partial charge in [0.05, 0.1) is 34.9 Å². The Morgan fingerprint density at radius 2 is 1.10 bits per heavy atom. The van der Waals surface area contributed by atoms with Crippen LogP contribution in [0, 0.1) is 0 Å². The number of carbonyl (C=O) groups is 2. The van der Waals surface area contributed by atoms with E-state index in [1.165, 1.54) is 26.4 Å². The molecule has 0 fully saturated rings. The van der Waals surface area contributed by atoms with Crippen molar-refractivity contribution in [1.29, 1.82) is 0 Å². The van der Waals surface area contributed by atoms with E-state index in [2.05, 4.69) is 0 Å². The maximum absolute atomic E-state index is 12.2. The number of hydrogen-bond acceptors (Lipinski definition) is 6. The standard InChI is InChI=1S/C23H24O6/c1-26-20-9-5-7-16(22(20)28-3)11-13-18(24)15-19(25)14-12-17-8-6-10-21(27-2)23(17)29-4/h5-14H,15H2,1-4H3/b13-11+,14-12+. The second kappa shape index (κ2) is 10.7. The molecule has 2 aromatic rings. The number of allylic oxidation sites excluding steroid dienone is 2. The van der Waals surface area contributed by atoms with E-state index >= 15 is 0 Å². The molecule has 6 heteroatoms. The quantitative estimate of drug-likeness (QED) is 0.447. The van der Waals surface area contributed by atoms with Gasteiger partial charge in [-0.25, -0.2) is 0 Å². The van der Waals surface area contributed by atoms with E-state index in [9.17, 15) is 9.59 Å². The lowest BCUT2D eigenvalue weighted by Gasteiger charge is -2.09. The number of methoxy groups -OCH3 is 4. The van der Waals surface area contributed by atoms with Crippen LogP contribution in [-0.2, 0) is 9.59 Å². The zero-order chi connectivity index (χ0) is 21.2. The molecule has 0 bridgehead atoms. The third-order valence-corrected chi connectivity index (χ3v) is 4.11. The molecule has 0 amide bonds. The highest BCUT2D eigenvalue weighted by molar-refractivity contribution is 6.11. The van der Waals surface area contributed by atoms with Crippen molar-refractivity contribution in [2.45, 2.75) is 6.42 Å². The Labute approximate surface area is 170 Å². The van der Waals surface area contributed by atoms with Crippen molar-refractivity contribution >= 4 is 23.7 Å². The zero-order valence-electron chi connectivity index (χ0n) is 16.9. The van der Waals surface area contributed by atoms with Crippen molar-refractivity contribution in [1.82, 2.24) is 0 Å². The highest BCUT2D eigenvalue weighted by Crippen LogP contribution is 2.32. The summed E-state index contributed by atoms with van der Waals surface area (Å²) in [6, 6.07) is 10.7. The maximum Gasteiger partial charge on any atom is 0.167 e. The third kappa shape index (κ3) is 5.72. The highest BCUT2D eigenvalue weighted by atomic mass is 16.5. The number of ether oxygens (including phenoxy) is 4. The Kier molecular flexibility index (Phi) is 8.03. The first kappa shape index (κ1) is 21.8. The lowest BCUT2D eigenvalue weighted by Crippen LogP contribution is -2.02. The second-order valence-corrected chi connectivity index (χ2v) is 5.94. The molecule has 0 N–H and O–H groups in total. The fraction of sp³-hybridized carbons (Fsp3) is 0.217. The lowest BCUT2D eigenvalue weighted by molar-refractivity contribution is -0.121. The number of para-hydroxylation sites is 2. The van der Waals surface area contributed by atoms with Gasteiger partial charge < -0.3 is 18.9 Å². The topological polar surface area (TPSA) is 71.1 Å². The molecule has 0 saturated carbocycles. The van der Waals surface area contributed by atoms with E-state index in [1.807, 2.05) is 0 Å². The van der Waals surface area contributed by atoms with Crippen LogP contribution in [0.2, 0.25) is 0 Å². The van der Waals surface area contributed by atoms with Gasteiger partial charge in [-0.1, -0.05) is 24.3 Å². The van der Waals surface area contributed by atoms with Crippen molar-refractivity contribution in [3.05, 3.63) is 59.7 Å². The predicted octanol–water partition coefficient (Wildman–Crippen LogP) is 3.98. The summed E-state index contributed by atoms with van der Waals surface area (Å²) in [5.41, 5.74) is 1.37. The molecule has 29 heavy (non-hydrogen) atoms. The normalized spacial score (nSPS) is 10.9. The predicted molar refractivity (Wildman–Crippen MR) is 112 cm³/mol. The average molecular weight is 396 g/mol. The number of carbonyl (C=O) groups excluding carboxylic acids is 2. The summed E-state index contributed by atoms with van der Waals surface area (Å²) >= 11 is 0. The molecule has 2 aromatic carbocycles. The van der Waals surface area contributed by atoms with Crippen molar-refractivity contribution in [2.24, 2.45) is 0 Å². The summed E-state index contributed by atoms with van der Waals surface area (Å²) in [5.74, 6) is 1.54. The van der Waals surface area contributed by atoms with Crippen LogP contribution in [0.15, 0.2) is 48.6 Å². The van der Waals surface area contributed by atoms with Crippen LogP contribution in [0.25, 0.3) is 12.2 Å². The Balaban J connectivity index is 2.06. The molecule has 0 radical (unpaired) electrons. The summed E-state index contributed by atoms with van der Waals surface area (Å²) in [7, 11) is 6.13. The molecule has 0 spiro atoms. The smallest absolute Gasteiger partial charge is 0.167 e. The SMILES string of the molecule is COc1cccc(/C=C/C(=O)CC(=O)/C=C/c2cccc(OC)c2OC)c1OC. The maximum atomic E-state index is 12.2. The molecule has 0 aromatic heterocycles. The van der Waals surface area contributed by atoms with E-state index < -0.39 is 0 Å². The fourth-order valence-electron chi connectivity index (χ4n) is 2.74. The van der Waals surface area contributed by atoms with Gasteiger partial charge in [0, 0.05) is 11.1 Å². The fourth-order valence-corrected chi connectivity index (χ4v) is 2.74. The Morgan fingerprint density at radius 3 is 1.45 bits per heavy atom. The molecular weight excluding hydrogens is 372 g/mol. The Hall–Kier alpha value is -3.54. The lowest BCUT2D eigenvalue weighted by atomic mass is 10.1. The molecule has 0 unspecified atom stereocenters. The highest BCUT2D eigenvalue weighted by Gasteiger charge is 2.10. The number of ketones is 2.